The Morgan fingerprint density at radius 2 is 1.95 bits per heavy atom. The quantitative estimate of drug-likeness (QED) is 0.235. The van der Waals surface area contributed by atoms with Gasteiger partial charge in [0.25, 0.3) is 0 Å². The van der Waals surface area contributed by atoms with Crippen molar-refractivity contribution in [2.24, 2.45) is 62.6 Å². The van der Waals surface area contributed by atoms with Crippen LogP contribution in [-0.2, 0) is 6.42 Å². The van der Waals surface area contributed by atoms with Crippen LogP contribution in [0.2, 0.25) is 0 Å². The number of aliphatic hydroxyl groups is 3. The van der Waals surface area contributed by atoms with Gasteiger partial charge in [-0.25, -0.2) is 0 Å². The van der Waals surface area contributed by atoms with Gasteiger partial charge in [-0.3, -0.25) is 0 Å². The molecule has 230 valence electrons. The van der Waals surface area contributed by atoms with Gasteiger partial charge in [-0.2, -0.15) is 0 Å². The number of hydrogen-bond acceptors (Lipinski definition) is 3. The van der Waals surface area contributed by atoms with Crippen LogP contribution < -0.4 is 0 Å². The zero-order valence-corrected chi connectivity index (χ0v) is 26.4. The van der Waals surface area contributed by atoms with Gasteiger partial charge < -0.3 is 20.3 Å². The molecule has 7 rings (SSSR count). The number of allylic oxidation sites excluding steroid dienone is 5. The third kappa shape index (κ3) is 3.64. The van der Waals surface area contributed by atoms with Crippen molar-refractivity contribution in [1.29, 1.82) is 0 Å². The third-order valence-corrected chi connectivity index (χ3v) is 14.7. The fourth-order valence-corrected chi connectivity index (χ4v) is 13.5. The number of hydrogen-bond donors (Lipinski definition) is 4. The highest BCUT2D eigenvalue weighted by molar-refractivity contribution is 5.56. The highest BCUT2D eigenvalue weighted by Crippen LogP contribution is 2.90. The Kier molecular flexibility index (Phi) is 6.89. The van der Waals surface area contributed by atoms with Gasteiger partial charge in [-0.1, -0.05) is 56.7 Å². The largest absolute Gasteiger partial charge is 0.396 e. The molecule has 4 saturated carbocycles. The van der Waals surface area contributed by atoms with Crippen LogP contribution in [0.1, 0.15) is 90.5 Å². The smallest absolute Gasteiger partial charge is 0.0467 e. The van der Waals surface area contributed by atoms with Crippen LogP contribution >= 0.6 is 0 Å². The molecule has 1 aromatic rings. The van der Waals surface area contributed by atoms with Gasteiger partial charge in [0.1, 0.15) is 0 Å². The summed E-state index contributed by atoms with van der Waals surface area (Å²) in [5, 5.41) is 31.3. The Balaban J connectivity index is 1.29. The molecule has 6 aliphatic carbocycles. The maximum Gasteiger partial charge on any atom is 0.0467 e. The van der Waals surface area contributed by atoms with E-state index in [4.69, 9.17) is 6.58 Å². The van der Waals surface area contributed by atoms with E-state index in [0.29, 0.717) is 35.5 Å². The van der Waals surface area contributed by atoms with E-state index in [1.165, 1.54) is 49.7 Å². The zero-order valence-electron chi connectivity index (χ0n) is 26.4. The standard InChI is InChI=1S/C38H55NO3/c1-25-17-32-35(4)31(8-5-12-38(35)33(25)34(38,2)3)37(14-10-29(7-6-16-40)30(37)23-42)24-36(32)13-9-26(20-36)18-28(22-41)19-27-11-15-39-21-27/h5,11-12,15,17,21,26,28-31,33,39-42H,1,6-10,13-14,16,18-20,22-24H2,2-4H3. The minimum absolute atomic E-state index is 0.0744. The van der Waals surface area contributed by atoms with E-state index in [9.17, 15) is 15.3 Å². The summed E-state index contributed by atoms with van der Waals surface area (Å²) in [6.45, 7) is 13.2. The molecule has 0 aromatic carbocycles. The van der Waals surface area contributed by atoms with E-state index in [2.05, 4.69) is 56.2 Å². The first-order valence-electron chi connectivity index (χ1n) is 17.2. The number of aromatic amines is 1. The van der Waals surface area contributed by atoms with Crippen LogP contribution in [0.4, 0.5) is 0 Å². The first-order valence-corrected chi connectivity index (χ1v) is 17.2. The van der Waals surface area contributed by atoms with Gasteiger partial charge in [0, 0.05) is 43.0 Å². The molecule has 0 amide bonds. The molecule has 1 aromatic heterocycles. The molecule has 6 aliphatic rings. The van der Waals surface area contributed by atoms with Crippen LogP contribution in [0.15, 0.2) is 54.4 Å². The maximum atomic E-state index is 11.2. The summed E-state index contributed by atoms with van der Waals surface area (Å²) in [6, 6.07) is 2.15. The van der Waals surface area contributed by atoms with E-state index in [-0.39, 0.29) is 46.9 Å². The summed E-state index contributed by atoms with van der Waals surface area (Å²) in [6.07, 6.45) is 24.2. The second-order valence-corrected chi connectivity index (χ2v) is 16.5. The van der Waals surface area contributed by atoms with Crippen molar-refractivity contribution in [2.75, 3.05) is 19.8 Å². The lowest BCUT2D eigenvalue weighted by Gasteiger charge is -2.67. The molecule has 3 spiro atoms. The predicted octanol–water partition coefficient (Wildman–Crippen LogP) is 7.24. The molecule has 0 radical (unpaired) electrons. The van der Waals surface area contributed by atoms with Crippen molar-refractivity contribution in [2.45, 2.75) is 91.4 Å². The van der Waals surface area contributed by atoms with Crippen LogP contribution in [0.25, 0.3) is 0 Å². The topological polar surface area (TPSA) is 76.5 Å². The molecule has 4 heteroatoms. The minimum Gasteiger partial charge on any atom is -0.396 e. The molecular weight excluding hydrogens is 518 g/mol. The van der Waals surface area contributed by atoms with Crippen LogP contribution in [-0.4, -0.2) is 40.1 Å². The molecule has 0 saturated heterocycles. The van der Waals surface area contributed by atoms with Crippen LogP contribution in [0.5, 0.6) is 0 Å². The Morgan fingerprint density at radius 3 is 2.67 bits per heavy atom. The molecule has 10 unspecified atom stereocenters. The SMILES string of the molecule is C=C1C=C2C3(CCC(CC(CO)Cc4cc[nH]c4)C3)CC3(CCC(CCCO)C3CO)C3CC=CC4(C1C4(C)C)C23C. The average molecular weight is 574 g/mol. The first-order chi connectivity index (χ1) is 20.1. The molecule has 0 aliphatic heterocycles. The molecule has 4 N–H and O–H groups in total. The highest BCUT2D eigenvalue weighted by atomic mass is 16.3. The fraction of sp³-hybridized carbons (Fsp3) is 0.737. The second-order valence-electron chi connectivity index (χ2n) is 16.5. The number of aliphatic hydroxyl groups excluding tert-OH is 3. The van der Waals surface area contributed by atoms with Crippen molar-refractivity contribution in [3.63, 3.8) is 0 Å². The maximum absolute atomic E-state index is 11.2. The zero-order chi connectivity index (χ0) is 29.5. The van der Waals surface area contributed by atoms with E-state index in [0.717, 1.165) is 32.1 Å². The monoisotopic (exact) mass is 573 g/mol. The fourth-order valence-electron chi connectivity index (χ4n) is 13.5. The van der Waals surface area contributed by atoms with E-state index < -0.39 is 0 Å². The van der Waals surface area contributed by atoms with Crippen molar-refractivity contribution >= 4 is 0 Å². The summed E-state index contributed by atoms with van der Waals surface area (Å²) >= 11 is 0. The predicted molar refractivity (Wildman–Crippen MR) is 168 cm³/mol. The average Bonchev–Trinajstić information content (AvgIpc) is 3.49. The Hall–Kier alpha value is -1.62. The second kappa shape index (κ2) is 9.94. The van der Waals surface area contributed by atoms with E-state index in [1.807, 2.05) is 6.20 Å². The Bertz CT molecular complexity index is 1260. The summed E-state index contributed by atoms with van der Waals surface area (Å²) in [4.78, 5) is 3.19. The number of H-pyrrole nitrogens is 1. The van der Waals surface area contributed by atoms with Crippen LogP contribution in [0.3, 0.4) is 0 Å². The number of rotatable bonds is 9. The minimum atomic E-state index is 0.0744. The van der Waals surface area contributed by atoms with Crippen molar-refractivity contribution in [3.8, 4) is 0 Å². The molecule has 0 bridgehead atoms. The molecule has 42 heavy (non-hydrogen) atoms. The van der Waals surface area contributed by atoms with Gasteiger partial charge >= 0.3 is 0 Å². The van der Waals surface area contributed by atoms with Gasteiger partial charge in [-0.15, -0.1) is 0 Å². The normalized spacial score (nSPS) is 45.2. The first kappa shape index (κ1) is 29.1. The summed E-state index contributed by atoms with van der Waals surface area (Å²) < 4.78 is 0. The molecule has 4 fully saturated rings. The number of aromatic nitrogens is 1. The number of nitrogens with one attached hydrogen (secondary N) is 1. The summed E-state index contributed by atoms with van der Waals surface area (Å²) in [7, 11) is 0. The Morgan fingerprint density at radius 1 is 1.12 bits per heavy atom. The van der Waals surface area contributed by atoms with Crippen molar-refractivity contribution < 1.29 is 15.3 Å². The highest BCUT2D eigenvalue weighted by Gasteiger charge is 2.84. The van der Waals surface area contributed by atoms with Gasteiger partial charge in [0.2, 0.25) is 0 Å². The summed E-state index contributed by atoms with van der Waals surface area (Å²) in [5.41, 5.74) is 5.02. The lowest BCUT2D eigenvalue weighted by molar-refractivity contribution is -0.116. The van der Waals surface area contributed by atoms with Gasteiger partial charge in [0.15, 0.2) is 0 Å². The summed E-state index contributed by atoms with van der Waals surface area (Å²) in [5.74, 6) is 2.78. The van der Waals surface area contributed by atoms with Crippen molar-refractivity contribution in [1.82, 2.24) is 4.98 Å². The lowest BCUT2D eigenvalue weighted by Crippen LogP contribution is -2.61. The van der Waals surface area contributed by atoms with E-state index in [1.54, 1.807) is 5.57 Å². The molecular formula is C38H55NO3. The Labute approximate surface area is 253 Å². The molecule has 4 nitrogen and oxygen atoms in total. The van der Waals surface area contributed by atoms with E-state index >= 15 is 0 Å². The number of fused-ring (bicyclic) bond motifs is 2. The molecule has 1 heterocycles. The van der Waals surface area contributed by atoms with Crippen LogP contribution in [0, 0.1) is 62.6 Å². The van der Waals surface area contributed by atoms with Gasteiger partial charge in [0.05, 0.1) is 0 Å². The lowest BCUT2D eigenvalue weighted by atomic mass is 9.36. The van der Waals surface area contributed by atoms with Gasteiger partial charge in [-0.05, 0) is 134 Å². The third-order valence-electron chi connectivity index (χ3n) is 14.7. The molecule has 10 atom stereocenters. The van der Waals surface area contributed by atoms with Crippen molar-refractivity contribution in [3.05, 3.63) is 60.0 Å².